The second-order valence-electron chi connectivity index (χ2n) is 5.95. The molecule has 2 rings (SSSR count). The smallest absolute Gasteiger partial charge is 0.238 e. The lowest BCUT2D eigenvalue weighted by Crippen LogP contribution is -2.17. The van der Waals surface area contributed by atoms with E-state index in [0.717, 1.165) is 42.0 Å². The van der Waals surface area contributed by atoms with Gasteiger partial charge in [0.1, 0.15) is 0 Å². The first kappa shape index (κ1) is 20.2. The zero-order valence-corrected chi connectivity index (χ0v) is 16.0. The van der Waals surface area contributed by atoms with Crippen molar-refractivity contribution in [1.82, 2.24) is 5.32 Å². The maximum absolute atomic E-state index is 11.2. The summed E-state index contributed by atoms with van der Waals surface area (Å²) in [6.07, 6.45) is 1.74. The largest absolute Gasteiger partial charge is 0.493 e. The molecule has 2 aromatic carbocycles. The Balaban J connectivity index is 1.84. The monoisotopic (exact) mass is 378 g/mol. The molecule has 0 aliphatic heterocycles. The van der Waals surface area contributed by atoms with Gasteiger partial charge in [-0.3, -0.25) is 0 Å². The lowest BCUT2D eigenvalue weighted by atomic mass is 10.1. The Bertz CT molecular complexity index is 805. The van der Waals surface area contributed by atoms with Crippen LogP contribution in [0, 0.1) is 0 Å². The Morgan fingerprint density at radius 2 is 1.73 bits per heavy atom. The summed E-state index contributed by atoms with van der Waals surface area (Å²) in [5.74, 6) is 1.49. The standard InChI is InChI=1S/C19H26N2O4S/c1-3-12-25-18-9-6-16(13-19(18)24-2)14-21-11-10-15-4-7-17(8-5-15)26(20,22)23/h4-9,13,21H,3,10-12,14H2,1-2H3,(H2,20,22,23). The molecular weight excluding hydrogens is 352 g/mol. The summed E-state index contributed by atoms with van der Waals surface area (Å²) in [5, 5.41) is 8.46. The van der Waals surface area contributed by atoms with Gasteiger partial charge in [0.15, 0.2) is 11.5 Å². The van der Waals surface area contributed by atoms with Crippen molar-refractivity contribution in [1.29, 1.82) is 0 Å². The molecule has 0 heterocycles. The highest BCUT2D eigenvalue weighted by Gasteiger charge is 2.07. The molecular formula is C19H26N2O4S. The molecule has 6 nitrogen and oxygen atoms in total. The minimum atomic E-state index is -3.63. The van der Waals surface area contributed by atoms with Crippen LogP contribution in [0.15, 0.2) is 47.4 Å². The molecule has 2 aromatic rings. The maximum Gasteiger partial charge on any atom is 0.238 e. The van der Waals surface area contributed by atoms with Gasteiger partial charge in [-0.05, 0) is 54.8 Å². The van der Waals surface area contributed by atoms with Crippen molar-refractivity contribution in [2.24, 2.45) is 5.14 Å². The van der Waals surface area contributed by atoms with Gasteiger partial charge in [0, 0.05) is 6.54 Å². The van der Waals surface area contributed by atoms with E-state index in [2.05, 4.69) is 12.2 Å². The fraction of sp³-hybridized carbons (Fsp3) is 0.368. The number of sulfonamides is 1. The third-order valence-electron chi connectivity index (χ3n) is 3.86. The molecule has 0 atom stereocenters. The van der Waals surface area contributed by atoms with Crippen LogP contribution in [0.2, 0.25) is 0 Å². The average Bonchev–Trinajstić information content (AvgIpc) is 2.63. The molecule has 0 bridgehead atoms. The Morgan fingerprint density at radius 3 is 2.35 bits per heavy atom. The summed E-state index contributed by atoms with van der Waals surface area (Å²) in [6, 6.07) is 12.5. The Kier molecular flexibility index (Phi) is 7.44. The highest BCUT2D eigenvalue weighted by Crippen LogP contribution is 2.28. The Morgan fingerprint density at radius 1 is 1.04 bits per heavy atom. The lowest BCUT2D eigenvalue weighted by Gasteiger charge is -2.12. The summed E-state index contributed by atoms with van der Waals surface area (Å²) in [7, 11) is -2.00. The van der Waals surface area contributed by atoms with Gasteiger partial charge in [0.25, 0.3) is 0 Å². The second kappa shape index (κ2) is 9.56. The first-order valence-corrected chi connectivity index (χ1v) is 10.1. The molecule has 0 aliphatic rings. The first-order valence-electron chi connectivity index (χ1n) is 8.56. The number of ether oxygens (including phenoxy) is 2. The van der Waals surface area contributed by atoms with Crippen LogP contribution in [-0.2, 0) is 23.0 Å². The molecule has 26 heavy (non-hydrogen) atoms. The van der Waals surface area contributed by atoms with E-state index >= 15 is 0 Å². The van der Waals surface area contributed by atoms with Crippen LogP contribution in [0.3, 0.4) is 0 Å². The average molecular weight is 378 g/mol. The number of hydrogen-bond donors (Lipinski definition) is 2. The number of nitrogens with one attached hydrogen (secondary N) is 1. The Hall–Kier alpha value is -2.09. The molecule has 0 unspecified atom stereocenters. The van der Waals surface area contributed by atoms with Crippen LogP contribution in [0.25, 0.3) is 0 Å². The van der Waals surface area contributed by atoms with E-state index in [9.17, 15) is 8.42 Å². The SMILES string of the molecule is CCCOc1ccc(CNCCc2ccc(S(N)(=O)=O)cc2)cc1OC. The highest BCUT2D eigenvalue weighted by molar-refractivity contribution is 7.89. The van der Waals surface area contributed by atoms with E-state index < -0.39 is 10.0 Å². The summed E-state index contributed by atoms with van der Waals surface area (Å²) in [5.41, 5.74) is 2.15. The molecule has 0 saturated carbocycles. The summed E-state index contributed by atoms with van der Waals surface area (Å²) < 4.78 is 33.5. The van der Waals surface area contributed by atoms with Gasteiger partial charge >= 0.3 is 0 Å². The normalized spacial score (nSPS) is 11.3. The van der Waals surface area contributed by atoms with Crippen molar-refractivity contribution in [2.45, 2.75) is 31.2 Å². The molecule has 142 valence electrons. The minimum absolute atomic E-state index is 0.131. The molecule has 7 heteroatoms. The van der Waals surface area contributed by atoms with Crippen LogP contribution in [-0.4, -0.2) is 28.7 Å². The van der Waals surface area contributed by atoms with Crippen LogP contribution in [0.1, 0.15) is 24.5 Å². The van der Waals surface area contributed by atoms with E-state index in [-0.39, 0.29) is 4.90 Å². The fourth-order valence-electron chi connectivity index (χ4n) is 2.46. The molecule has 0 amide bonds. The van der Waals surface area contributed by atoms with Gasteiger partial charge in [0.2, 0.25) is 10.0 Å². The third kappa shape index (κ3) is 6.01. The quantitative estimate of drug-likeness (QED) is 0.620. The molecule has 0 aliphatic carbocycles. The van der Waals surface area contributed by atoms with E-state index in [4.69, 9.17) is 14.6 Å². The van der Waals surface area contributed by atoms with Crippen molar-refractivity contribution < 1.29 is 17.9 Å². The van der Waals surface area contributed by atoms with E-state index in [1.807, 2.05) is 18.2 Å². The number of hydrogen-bond acceptors (Lipinski definition) is 5. The molecule has 0 saturated heterocycles. The van der Waals surface area contributed by atoms with Gasteiger partial charge in [-0.25, -0.2) is 13.6 Å². The van der Waals surface area contributed by atoms with E-state index in [0.29, 0.717) is 13.2 Å². The van der Waals surface area contributed by atoms with Crippen LogP contribution in [0.5, 0.6) is 11.5 Å². The maximum atomic E-state index is 11.2. The summed E-state index contributed by atoms with van der Waals surface area (Å²) in [4.78, 5) is 0.131. The molecule has 0 spiro atoms. The fourth-order valence-corrected chi connectivity index (χ4v) is 2.98. The lowest BCUT2D eigenvalue weighted by molar-refractivity contribution is 0.294. The number of nitrogens with two attached hydrogens (primary N) is 1. The van der Waals surface area contributed by atoms with Gasteiger partial charge in [-0.15, -0.1) is 0 Å². The second-order valence-corrected chi connectivity index (χ2v) is 7.51. The van der Waals surface area contributed by atoms with Crippen LogP contribution >= 0.6 is 0 Å². The zero-order valence-electron chi connectivity index (χ0n) is 15.2. The van der Waals surface area contributed by atoms with Crippen molar-refractivity contribution in [3.63, 3.8) is 0 Å². The van der Waals surface area contributed by atoms with Gasteiger partial charge in [0.05, 0.1) is 18.6 Å². The van der Waals surface area contributed by atoms with E-state index in [1.54, 1.807) is 19.2 Å². The molecule has 3 N–H and O–H groups in total. The zero-order chi connectivity index (χ0) is 19.0. The molecule has 0 fully saturated rings. The minimum Gasteiger partial charge on any atom is -0.493 e. The predicted molar refractivity (Wildman–Crippen MR) is 102 cm³/mol. The predicted octanol–water partition coefficient (Wildman–Crippen LogP) is 2.46. The van der Waals surface area contributed by atoms with Crippen LogP contribution < -0.4 is 19.9 Å². The number of rotatable bonds is 10. The summed E-state index contributed by atoms with van der Waals surface area (Å²) >= 11 is 0. The van der Waals surface area contributed by atoms with Crippen molar-refractivity contribution >= 4 is 10.0 Å². The van der Waals surface area contributed by atoms with Gasteiger partial charge < -0.3 is 14.8 Å². The third-order valence-corrected chi connectivity index (χ3v) is 4.79. The highest BCUT2D eigenvalue weighted by atomic mass is 32.2. The number of primary sulfonamides is 1. The van der Waals surface area contributed by atoms with Crippen molar-refractivity contribution in [3.8, 4) is 11.5 Å². The van der Waals surface area contributed by atoms with Crippen molar-refractivity contribution in [3.05, 3.63) is 53.6 Å². The van der Waals surface area contributed by atoms with Crippen molar-refractivity contribution in [2.75, 3.05) is 20.3 Å². The van der Waals surface area contributed by atoms with Gasteiger partial charge in [-0.2, -0.15) is 0 Å². The molecule has 0 aromatic heterocycles. The topological polar surface area (TPSA) is 90.6 Å². The molecule has 0 radical (unpaired) electrons. The summed E-state index contributed by atoms with van der Waals surface area (Å²) in [6.45, 7) is 4.20. The van der Waals surface area contributed by atoms with E-state index in [1.165, 1.54) is 12.1 Å². The Labute approximate surface area is 155 Å². The van der Waals surface area contributed by atoms with Gasteiger partial charge in [-0.1, -0.05) is 25.1 Å². The number of methoxy groups -OCH3 is 1. The number of benzene rings is 2. The van der Waals surface area contributed by atoms with Crippen LogP contribution in [0.4, 0.5) is 0 Å². The first-order chi connectivity index (χ1) is 12.4.